The minimum Gasteiger partial charge on any atom is -0.508 e. The van der Waals surface area contributed by atoms with Crippen molar-refractivity contribution in [1.82, 2.24) is 9.88 Å². The normalized spacial score (nSPS) is 16.8. The molecular weight excluding hydrogens is 408 g/mol. The van der Waals surface area contributed by atoms with Gasteiger partial charge >= 0.3 is 0 Å². The first kappa shape index (κ1) is 22.2. The van der Waals surface area contributed by atoms with Gasteiger partial charge in [-0.05, 0) is 80.8 Å². The topological polar surface area (TPSA) is 48.4 Å². The van der Waals surface area contributed by atoms with Crippen molar-refractivity contribution in [2.75, 3.05) is 25.0 Å². The molecule has 1 atom stereocenters. The fourth-order valence-corrected chi connectivity index (χ4v) is 4.30. The summed E-state index contributed by atoms with van der Waals surface area (Å²) in [6.45, 7) is 5.18. The minimum atomic E-state index is -0.498. The maximum atomic E-state index is 14.5. The zero-order valence-electron chi connectivity index (χ0n) is 18.3. The molecule has 2 heterocycles. The number of pyridine rings is 1. The molecule has 0 amide bonds. The zero-order valence-corrected chi connectivity index (χ0v) is 18.3. The fraction of sp³-hybridized carbons (Fsp3) is 0.346. The predicted molar refractivity (Wildman–Crippen MR) is 125 cm³/mol. The second-order valence-corrected chi connectivity index (χ2v) is 8.46. The lowest BCUT2D eigenvalue weighted by Gasteiger charge is -2.33. The smallest absolute Gasteiger partial charge is 0.131 e. The number of nitrogens with zero attached hydrogens (tertiary/aromatic N) is 2. The number of aromatic nitrogens is 1. The van der Waals surface area contributed by atoms with Crippen molar-refractivity contribution >= 4 is 5.82 Å². The van der Waals surface area contributed by atoms with Crippen LogP contribution in [0.3, 0.4) is 0 Å². The van der Waals surface area contributed by atoms with Gasteiger partial charge in [0.25, 0.3) is 0 Å². The third kappa shape index (κ3) is 5.43. The first-order chi connectivity index (χ1) is 15.5. The molecule has 0 aliphatic carbocycles. The van der Waals surface area contributed by atoms with Crippen LogP contribution in [0, 0.1) is 11.6 Å². The van der Waals surface area contributed by atoms with Gasteiger partial charge in [0, 0.05) is 30.3 Å². The van der Waals surface area contributed by atoms with Crippen LogP contribution in [0.25, 0.3) is 22.4 Å². The Kier molecular flexibility index (Phi) is 7.00. The van der Waals surface area contributed by atoms with E-state index in [0.29, 0.717) is 28.7 Å². The van der Waals surface area contributed by atoms with Crippen molar-refractivity contribution in [3.63, 3.8) is 0 Å². The summed E-state index contributed by atoms with van der Waals surface area (Å²) >= 11 is 0. The number of hydrogen-bond acceptors (Lipinski definition) is 4. The van der Waals surface area contributed by atoms with Crippen LogP contribution in [-0.4, -0.2) is 40.7 Å². The molecule has 1 fully saturated rings. The van der Waals surface area contributed by atoms with Gasteiger partial charge in [-0.2, -0.15) is 0 Å². The quantitative estimate of drug-likeness (QED) is 0.440. The van der Waals surface area contributed by atoms with Crippen molar-refractivity contribution in [3.8, 4) is 28.1 Å². The Morgan fingerprint density at radius 1 is 1.06 bits per heavy atom. The Labute approximate surface area is 187 Å². The molecular formula is C26H29F2N3O. The van der Waals surface area contributed by atoms with Gasteiger partial charge in [0.2, 0.25) is 0 Å². The van der Waals surface area contributed by atoms with Crippen LogP contribution in [0.5, 0.6) is 5.75 Å². The van der Waals surface area contributed by atoms with Crippen LogP contribution in [-0.2, 0) is 0 Å². The van der Waals surface area contributed by atoms with E-state index in [1.807, 2.05) is 6.07 Å². The first-order valence-corrected chi connectivity index (χ1v) is 11.2. The maximum Gasteiger partial charge on any atom is 0.131 e. The van der Waals surface area contributed by atoms with Gasteiger partial charge in [0.15, 0.2) is 0 Å². The Morgan fingerprint density at radius 2 is 1.94 bits per heavy atom. The average molecular weight is 438 g/mol. The monoisotopic (exact) mass is 437 g/mol. The van der Waals surface area contributed by atoms with E-state index in [0.717, 1.165) is 38.2 Å². The number of anilines is 1. The van der Waals surface area contributed by atoms with Gasteiger partial charge in [0.05, 0.1) is 5.69 Å². The lowest BCUT2D eigenvalue weighted by molar-refractivity contribution is 0.160. The van der Waals surface area contributed by atoms with Crippen LogP contribution in [0.1, 0.15) is 32.6 Å². The van der Waals surface area contributed by atoms with E-state index in [4.69, 9.17) is 0 Å². The number of hydrogen-bond donors (Lipinski definition) is 2. The number of aromatic hydroxyl groups is 1. The minimum absolute atomic E-state index is 0.122. The van der Waals surface area contributed by atoms with Crippen LogP contribution < -0.4 is 5.32 Å². The highest BCUT2D eigenvalue weighted by atomic mass is 19.1. The highest BCUT2D eigenvalue weighted by Crippen LogP contribution is 2.31. The molecule has 1 aliphatic heterocycles. The summed E-state index contributed by atoms with van der Waals surface area (Å²) in [5.74, 6) is -0.278. The summed E-state index contributed by atoms with van der Waals surface area (Å²) in [4.78, 5) is 7.19. The van der Waals surface area contributed by atoms with Gasteiger partial charge in [-0.3, -0.25) is 0 Å². The van der Waals surface area contributed by atoms with E-state index in [9.17, 15) is 13.9 Å². The molecule has 1 aliphatic rings. The Morgan fingerprint density at radius 3 is 2.75 bits per heavy atom. The lowest BCUT2D eigenvalue weighted by Crippen LogP contribution is -2.38. The third-order valence-corrected chi connectivity index (χ3v) is 6.08. The number of phenols is 1. The molecule has 168 valence electrons. The van der Waals surface area contributed by atoms with E-state index >= 15 is 0 Å². The molecule has 4 rings (SSSR count). The van der Waals surface area contributed by atoms with Crippen molar-refractivity contribution in [1.29, 1.82) is 0 Å². The van der Waals surface area contributed by atoms with Crippen LogP contribution >= 0.6 is 0 Å². The standard InChI is InChI=1S/C26H29F2N3O/c1-18-6-2-3-12-31(18)13-5-11-29-26-16-20(23-17-21(27)9-10-24(23)28)15-25(30-26)19-7-4-8-22(32)14-19/h4,7-10,14-18,32H,2-3,5-6,11-13H2,1H3,(H,29,30). The van der Waals surface area contributed by atoms with E-state index in [1.54, 1.807) is 30.3 Å². The van der Waals surface area contributed by atoms with Crippen LogP contribution in [0.15, 0.2) is 54.6 Å². The fourth-order valence-electron chi connectivity index (χ4n) is 4.30. The molecule has 2 N–H and O–H groups in total. The molecule has 0 bridgehead atoms. The molecule has 2 aromatic carbocycles. The van der Waals surface area contributed by atoms with Crippen molar-refractivity contribution in [2.24, 2.45) is 0 Å². The highest BCUT2D eigenvalue weighted by molar-refractivity contribution is 5.74. The molecule has 4 nitrogen and oxygen atoms in total. The van der Waals surface area contributed by atoms with E-state index in [1.165, 1.54) is 25.3 Å². The number of nitrogens with one attached hydrogen (secondary N) is 1. The summed E-state index contributed by atoms with van der Waals surface area (Å²) in [6.07, 6.45) is 4.78. The second kappa shape index (κ2) is 10.1. The number of halogens is 2. The molecule has 3 aromatic rings. The van der Waals surface area contributed by atoms with Crippen molar-refractivity contribution < 1.29 is 13.9 Å². The zero-order chi connectivity index (χ0) is 22.5. The summed E-state index contributed by atoms with van der Waals surface area (Å²) in [5, 5.41) is 13.2. The molecule has 6 heteroatoms. The second-order valence-electron chi connectivity index (χ2n) is 8.46. The largest absolute Gasteiger partial charge is 0.508 e. The van der Waals surface area contributed by atoms with Gasteiger partial charge in [-0.25, -0.2) is 13.8 Å². The summed E-state index contributed by atoms with van der Waals surface area (Å²) in [6, 6.07) is 14.3. The third-order valence-electron chi connectivity index (χ3n) is 6.08. The van der Waals surface area contributed by atoms with E-state index in [2.05, 4.69) is 22.1 Å². The van der Waals surface area contributed by atoms with Crippen molar-refractivity contribution in [2.45, 2.75) is 38.6 Å². The Hall–Kier alpha value is -2.99. The molecule has 1 aromatic heterocycles. The highest BCUT2D eigenvalue weighted by Gasteiger charge is 2.17. The lowest BCUT2D eigenvalue weighted by atomic mass is 10.0. The number of piperidine rings is 1. The Bertz CT molecular complexity index is 1070. The summed E-state index contributed by atoms with van der Waals surface area (Å²) < 4.78 is 28.3. The SMILES string of the molecule is CC1CCCCN1CCCNc1cc(-c2cc(F)ccc2F)cc(-c2cccc(O)c2)n1. The number of rotatable bonds is 7. The molecule has 1 unspecified atom stereocenters. The average Bonchev–Trinajstić information content (AvgIpc) is 2.79. The number of likely N-dealkylation sites (tertiary alicyclic amines) is 1. The van der Waals surface area contributed by atoms with Gasteiger partial charge in [-0.15, -0.1) is 0 Å². The van der Waals surface area contributed by atoms with Gasteiger partial charge in [0.1, 0.15) is 23.2 Å². The van der Waals surface area contributed by atoms with Gasteiger partial charge in [-0.1, -0.05) is 18.6 Å². The van der Waals surface area contributed by atoms with Gasteiger partial charge < -0.3 is 15.3 Å². The van der Waals surface area contributed by atoms with E-state index in [-0.39, 0.29) is 11.3 Å². The molecule has 32 heavy (non-hydrogen) atoms. The van der Waals surface area contributed by atoms with Crippen LogP contribution in [0.2, 0.25) is 0 Å². The number of phenolic OH excluding ortho intramolecular Hbond substituents is 1. The van der Waals surface area contributed by atoms with E-state index < -0.39 is 11.6 Å². The summed E-state index contributed by atoms with van der Waals surface area (Å²) in [5.41, 5.74) is 1.99. The first-order valence-electron chi connectivity index (χ1n) is 11.2. The maximum absolute atomic E-state index is 14.5. The van der Waals surface area contributed by atoms with Crippen molar-refractivity contribution in [3.05, 3.63) is 66.2 Å². The molecule has 0 radical (unpaired) electrons. The van der Waals surface area contributed by atoms with Crippen LogP contribution in [0.4, 0.5) is 14.6 Å². The molecule has 1 saturated heterocycles. The molecule has 0 spiro atoms. The Balaban J connectivity index is 1.56. The number of benzene rings is 2. The predicted octanol–water partition coefficient (Wildman–Crippen LogP) is 6.08. The summed E-state index contributed by atoms with van der Waals surface area (Å²) in [7, 11) is 0. The molecule has 0 saturated carbocycles.